The number of aromatic nitrogens is 1. The maximum absolute atomic E-state index is 11.2. The van der Waals surface area contributed by atoms with Crippen LogP contribution in [0.2, 0.25) is 0 Å². The number of hydrogen-bond acceptors (Lipinski definition) is 4. The largest absolute Gasteiger partial charge is 0.467 e. The Kier molecular flexibility index (Phi) is 2.63. The van der Waals surface area contributed by atoms with E-state index in [1.54, 1.807) is 31.3 Å². The number of nitrogens with two attached hydrogens (primary N) is 1. The molecular weight excluding hydrogens is 168 g/mol. The smallest absolute Gasteiger partial charge is 0.331 e. The average molecular weight is 180 g/mol. The van der Waals surface area contributed by atoms with Crippen molar-refractivity contribution >= 4 is 5.97 Å². The van der Waals surface area contributed by atoms with Crippen LogP contribution in [0, 0.1) is 0 Å². The quantitative estimate of drug-likeness (QED) is 0.670. The Morgan fingerprint density at radius 1 is 1.62 bits per heavy atom. The minimum atomic E-state index is -1.17. The number of pyridine rings is 1. The van der Waals surface area contributed by atoms with E-state index in [1.807, 2.05) is 0 Å². The molecule has 0 aromatic carbocycles. The molecule has 0 bridgehead atoms. The van der Waals surface area contributed by atoms with E-state index in [-0.39, 0.29) is 0 Å². The second-order valence-corrected chi connectivity index (χ2v) is 2.91. The number of esters is 1. The summed E-state index contributed by atoms with van der Waals surface area (Å²) in [5, 5.41) is 0. The lowest BCUT2D eigenvalue weighted by molar-refractivity contribution is -0.146. The molecule has 0 unspecified atom stereocenters. The molecule has 0 saturated carbocycles. The standard InChI is InChI=1S/C9H12N2O2/c1-9(10,8(12)13-2)7-5-3-4-6-11-7/h3-6H,10H2,1-2H3/t9-/m0/s1. The highest BCUT2D eigenvalue weighted by atomic mass is 16.5. The maximum atomic E-state index is 11.2. The molecule has 0 radical (unpaired) electrons. The predicted molar refractivity (Wildman–Crippen MR) is 47.8 cm³/mol. The summed E-state index contributed by atoms with van der Waals surface area (Å²) < 4.78 is 4.57. The Morgan fingerprint density at radius 2 is 2.31 bits per heavy atom. The third-order valence-corrected chi connectivity index (χ3v) is 1.81. The number of methoxy groups -OCH3 is 1. The summed E-state index contributed by atoms with van der Waals surface area (Å²) in [5.74, 6) is -0.494. The molecule has 1 aromatic rings. The molecule has 1 atom stereocenters. The van der Waals surface area contributed by atoms with Gasteiger partial charge in [0, 0.05) is 6.20 Å². The molecule has 0 spiro atoms. The SMILES string of the molecule is COC(=O)[C@@](C)(N)c1ccccn1. The topological polar surface area (TPSA) is 65.2 Å². The van der Waals surface area contributed by atoms with E-state index in [1.165, 1.54) is 7.11 Å². The van der Waals surface area contributed by atoms with Gasteiger partial charge in [-0.05, 0) is 19.1 Å². The Hall–Kier alpha value is -1.42. The summed E-state index contributed by atoms with van der Waals surface area (Å²) >= 11 is 0. The van der Waals surface area contributed by atoms with Crippen molar-refractivity contribution < 1.29 is 9.53 Å². The van der Waals surface area contributed by atoms with Crippen LogP contribution in [0.1, 0.15) is 12.6 Å². The molecule has 1 aromatic heterocycles. The van der Waals surface area contributed by atoms with Crippen molar-refractivity contribution in [3.8, 4) is 0 Å². The van der Waals surface area contributed by atoms with Crippen LogP contribution in [-0.4, -0.2) is 18.1 Å². The van der Waals surface area contributed by atoms with Gasteiger partial charge in [-0.2, -0.15) is 0 Å². The summed E-state index contributed by atoms with van der Waals surface area (Å²) in [4.78, 5) is 15.2. The first-order valence-electron chi connectivity index (χ1n) is 3.88. The van der Waals surface area contributed by atoms with Gasteiger partial charge in [0.25, 0.3) is 0 Å². The molecule has 0 aliphatic carbocycles. The van der Waals surface area contributed by atoms with Crippen molar-refractivity contribution in [3.63, 3.8) is 0 Å². The molecule has 1 heterocycles. The van der Waals surface area contributed by atoms with Gasteiger partial charge in [-0.1, -0.05) is 6.07 Å². The minimum Gasteiger partial charge on any atom is -0.467 e. The zero-order valence-corrected chi connectivity index (χ0v) is 7.65. The van der Waals surface area contributed by atoms with Crippen molar-refractivity contribution in [1.82, 2.24) is 4.98 Å². The summed E-state index contributed by atoms with van der Waals surface area (Å²) in [5.41, 5.74) is 5.09. The van der Waals surface area contributed by atoms with Gasteiger partial charge in [-0.25, -0.2) is 4.79 Å². The van der Waals surface area contributed by atoms with Crippen LogP contribution in [0.3, 0.4) is 0 Å². The summed E-state index contributed by atoms with van der Waals surface area (Å²) in [6, 6.07) is 5.23. The van der Waals surface area contributed by atoms with Crippen LogP contribution < -0.4 is 5.73 Å². The fraction of sp³-hybridized carbons (Fsp3) is 0.333. The number of carbonyl (C=O) groups excluding carboxylic acids is 1. The molecule has 1 rings (SSSR count). The predicted octanol–water partition coefficient (Wildman–Crippen LogP) is 0.428. The van der Waals surface area contributed by atoms with E-state index in [9.17, 15) is 4.79 Å². The highest BCUT2D eigenvalue weighted by Crippen LogP contribution is 2.15. The van der Waals surface area contributed by atoms with Crippen LogP contribution in [0.15, 0.2) is 24.4 Å². The van der Waals surface area contributed by atoms with Crippen molar-refractivity contribution in [2.75, 3.05) is 7.11 Å². The van der Waals surface area contributed by atoms with Crippen molar-refractivity contribution in [2.24, 2.45) is 5.73 Å². The Morgan fingerprint density at radius 3 is 2.77 bits per heavy atom. The van der Waals surface area contributed by atoms with Gasteiger partial charge in [0.2, 0.25) is 0 Å². The van der Waals surface area contributed by atoms with Crippen molar-refractivity contribution in [1.29, 1.82) is 0 Å². The van der Waals surface area contributed by atoms with E-state index >= 15 is 0 Å². The molecule has 2 N–H and O–H groups in total. The molecule has 0 fully saturated rings. The highest BCUT2D eigenvalue weighted by Gasteiger charge is 2.32. The van der Waals surface area contributed by atoms with E-state index in [0.29, 0.717) is 5.69 Å². The first-order chi connectivity index (χ1) is 6.09. The Labute approximate surface area is 76.7 Å². The second-order valence-electron chi connectivity index (χ2n) is 2.91. The van der Waals surface area contributed by atoms with Crippen LogP contribution in [-0.2, 0) is 15.1 Å². The second kappa shape index (κ2) is 3.53. The molecule has 70 valence electrons. The zero-order valence-electron chi connectivity index (χ0n) is 7.65. The van der Waals surface area contributed by atoms with E-state index in [2.05, 4.69) is 9.72 Å². The Balaban J connectivity index is 3.00. The van der Waals surface area contributed by atoms with Crippen LogP contribution in [0.4, 0.5) is 0 Å². The van der Waals surface area contributed by atoms with E-state index in [4.69, 9.17) is 5.73 Å². The van der Waals surface area contributed by atoms with Crippen molar-refractivity contribution in [3.05, 3.63) is 30.1 Å². The zero-order chi connectivity index (χ0) is 9.90. The molecule has 0 saturated heterocycles. The third kappa shape index (κ3) is 1.84. The van der Waals surface area contributed by atoms with Crippen molar-refractivity contribution in [2.45, 2.75) is 12.5 Å². The number of ether oxygens (including phenoxy) is 1. The van der Waals surface area contributed by atoms with Gasteiger partial charge in [-0.15, -0.1) is 0 Å². The van der Waals surface area contributed by atoms with Gasteiger partial charge in [0.15, 0.2) is 5.54 Å². The first kappa shape index (κ1) is 9.67. The third-order valence-electron chi connectivity index (χ3n) is 1.81. The fourth-order valence-corrected chi connectivity index (χ4v) is 0.987. The lowest BCUT2D eigenvalue weighted by atomic mass is 9.99. The van der Waals surface area contributed by atoms with E-state index in [0.717, 1.165) is 0 Å². The molecular formula is C9H12N2O2. The lowest BCUT2D eigenvalue weighted by Gasteiger charge is -2.20. The van der Waals surface area contributed by atoms with Crippen LogP contribution in [0.5, 0.6) is 0 Å². The van der Waals surface area contributed by atoms with Crippen LogP contribution >= 0.6 is 0 Å². The van der Waals surface area contributed by atoms with Gasteiger partial charge in [-0.3, -0.25) is 4.98 Å². The minimum absolute atomic E-state index is 0.494. The van der Waals surface area contributed by atoms with E-state index < -0.39 is 11.5 Å². The molecule has 0 aliphatic rings. The molecule has 13 heavy (non-hydrogen) atoms. The van der Waals surface area contributed by atoms with Crippen LogP contribution in [0.25, 0.3) is 0 Å². The first-order valence-corrected chi connectivity index (χ1v) is 3.88. The number of nitrogens with zero attached hydrogens (tertiary/aromatic N) is 1. The summed E-state index contributed by atoms with van der Waals surface area (Å²) in [6.45, 7) is 1.57. The normalized spacial score (nSPS) is 14.7. The fourth-order valence-electron chi connectivity index (χ4n) is 0.987. The number of carbonyl (C=O) groups is 1. The Bertz CT molecular complexity index is 296. The molecule has 4 nitrogen and oxygen atoms in total. The van der Waals surface area contributed by atoms with Gasteiger partial charge in [0.05, 0.1) is 12.8 Å². The molecule has 4 heteroatoms. The highest BCUT2D eigenvalue weighted by molar-refractivity contribution is 5.81. The monoisotopic (exact) mass is 180 g/mol. The lowest BCUT2D eigenvalue weighted by Crippen LogP contribution is -2.43. The maximum Gasteiger partial charge on any atom is 0.331 e. The number of rotatable bonds is 2. The average Bonchev–Trinajstić information content (AvgIpc) is 2.18. The summed E-state index contributed by atoms with van der Waals surface area (Å²) in [7, 11) is 1.30. The van der Waals surface area contributed by atoms with Gasteiger partial charge < -0.3 is 10.5 Å². The van der Waals surface area contributed by atoms with Gasteiger partial charge >= 0.3 is 5.97 Å². The summed E-state index contributed by atoms with van der Waals surface area (Å²) in [6.07, 6.45) is 1.59. The molecule has 0 aliphatic heterocycles. The molecule has 0 amide bonds. The van der Waals surface area contributed by atoms with Gasteiger partial charge in [0.1, 0.15) is 0 Å². The number of hydrogen-bond donors (Lipinski definition) is 1.